The van der Waals surface area contributed by atoms with Gasteiger partial charge in [-0.3, -0.25) is 9.89 Å². The third-order valence-electron chi connectivity index (χ3n) is 5.56. The summed E-state index contributed by atoms with van der Waals surface area (Å²) in [6, 6.07) is 11.3. The Morgan fingerprint density at radius 2 is 1.70 bits per heavy atom. The van der Waals surface area contributed by atoms with E-state index in [1.165, 1.54) is 57.1 Å². The van der Waals surface area contributed by atoms with Gasteiger partial charge in [-0.1, -0.05) is 49.6 Å². The second-order valence-corrected chi connectivity index (χ2v) is 8.51. The van der Waals surface area contributed by atoms with Crippen LogP contribution in [0.4, 0.5) is 0 Å². The summed E-state index contributed by atoms with van der Waals surface area (Å²) in [5.41, 5.74) is 1.41. The number of likely N-dealkylation sites (tertiary alicyclic amines) is 1. The molecule has 1 aliphatic rings. The molecule has 5 nitrogen and oxygen atoms in total. The normalized spacial score (nSPS) is 15.8. The van der Waals surface area contributed by atoms with Gasteiger partial charge < -0.3 is 15.5 Å². The van der Waals surface area contributed by atoms with Crippen LogP contribution in [0.3, 0.4) is 0 Å². The fourth-order valence-electron chi connectivity index (χ4n) is 3.85. The summed E-state index contributed by atoms with van der Waals surface area (Å²) >= 11 is 0. The van der Waals surface area contributed by atoms with E-state index in [4.69, 9.17) is 4.99 Å². The summed E-state index contributed by atoms with van der Waals surface area (Å²) in [6.45, 7) is 8.56. The van der Waals surface area contributed by atoms with Crippen molar-refractivity contribution < 1.29 is 0 Å². The molecule has 1 aromatic carbocycles. The number of piperidine rings is 1. The lowest BCUT2D eigenvalue weighted by atomic mass is 10.0. The number of hydrogen-bond acceptors (Lipinski definition) is 3. The van der Waals surface area contributed by atoms with Crippen LogP contribution in [0.2, 0.25) is 0 Å². The fraction of sp³-hybridized carbons (Fsp3) is 0.708. The highest BCUT2D eigenvalue weighted by atomic mass is 127. The molecule has 0 bridgehead atoms. The van der Waals surface area contributed by atoms with Gasteiger partial charge in [0.25, 0.3) is 0 Å². The van der Waals surface area contributed by atoms with Crippen LogP contribution < -0.4 is 10.6 Å². The van der Waals surface area contributed by atoms with Gasteiger partial charge >= 0.3 is 0 Å². The van der Waals surface area contributed by atoms with E-state index >= 15 is 0 Å². The Morgan fingerprint density at radius 3 is 2.37 bits per heavy atom. The Kier molecular flexibility index (Phi) is 15.2. The number of hydrogen-bond donors (Lipinski definition) is 2. The summed E-state index contributed by atoms with van der Waals surface area (Å²) in [6.07, 6.45) is 8.81. The number of guanidine groups is 1. The summed E-state index contributed by atoms with van der Waals surface area (Å²) in [5, 5.41) is 7.10. The Balaban J connectivity index is 0.00000450. The fourth-order valence-corrected chi connectivity index (χ4v) is 3.85. The standard InChI is InChI=1S/C24H43N5.HI/c1-4-25-24(26-17-11-6-5-7-12-18-28(2)3)27-23-15-19-29(20-16-23)21-22-13-9-8-10-14-22;/h8-10,13-14,23H,4-7,11-12,15-21H2,1-3H3,(H2,25,26,27);1H. The summed E-state index contributed by atoms with van der Waals surface area (Å²) < 4.78 is 0. The van der Waals surface area contributed by atoms with E-state index in [1.54, 1.807) is 0 Å². The number of nitrogens with one attached hydrogen (secondary N) is 2. The number of unbranched alkanes of at least 4 members (excludes halogenated alkanes) is 4. The predicted molar refractivity (Wildman–Crippen MR) is 141 cm³/mol. The minimum Gasteiger partial charge on any atom is -0.357 e. The van der Waals surface area contributed by atoms with Crippen molar-refractivity contribution in [3.63, 3.8) is 0 Å². The van der Waals surface area contributed by atoms with Crippen LogP contribution >= 0.6 is 24.0 Å². The maximum absolute atomic E-state index is 4.81. The van der Waals surface area contributed by atoms with Crippen molar-refractivity contribution in [1.82, 2.24) is 20.4 Å². The van der Waals surface area contributed by atoms with Crippen LogP contribution in [-0.2, 0) is 6.54 Å². The zero-order valence-electron chi connectivity index (χ0n) is 19.4. The Bertz CT molecular complexity index is 556. The molecule has 0 unspecified atom stereocenters. The first-order chi connectivity index (χ1) is 14.2. The third-order valence-corrected chi connectivity index (χ3v) is 5.56. The van der Waals surface area contributed by atoms with E-state index < -0.39 is 0 Å². The quantitative estimate of drug-likeness (QED) is 0.183. The smallest absolute Gasteiger partial charge is 0.191 e. The van der Waals surface area contributed by atoms with Crippen molar-refractivity contribution in [3.05, 3.63) is 35.9 Å². The van der Waals surface area contributed by atoms with Gasteiger partial charge in [-0.2, -0.15) is 0 Å². The molecule has 0 radical (unpaired) electrons. The first-order valence-electron chi connectivity index (χ1n) is 11.6. The monoisotopic (exact) mass is 529 g/mol. The summed E-state index contributed by atoms with van der Waals surface area (Å²) in [7, 11) is 4.30. The maximum atomic E-state index is 4.81. The highest BCUT2D eigenvalue weighted by Gasteiger charge is 2.19. The number of nitrogens with zero attached hydrogens (tertiary/aromatic N) is 3. The first-order valence-corrected chi connectivity index (χ1v) is 11.6. The molecule has 0 aliphatic carbocycles. The molecule has 6 heteroatoms. The SMILES string of the molecule is CCNC(=NCCCCCCCN(C)C)NC1CCN(Cc2ccccc2)CC1.I. The average molecular weight is 530 g/mol. The van der Waals surface area contributed by atoms with Crippen molar-refractivity contribution in [2.75, 3.05) is 46.8 Å². The van der Waals surface area contributed by atoms with Crippen molar-refractivity contribution in [3.8, 4) is 0 Å². The Hall–Kier alpha value is -0.860. The molecule has 0 spiro atoms. The minimum atomic E-state index is 0. The molecular formula is C24H44IN5. The van der Waals surface area contributed by atoms with E-state index in [0.29, 0.717) is 6.04 Å². The Labute approximate surface area is 202 Å². The van der Waals surface area contributed by atoms with E-state index in [0.717, 1.165) is 38.7 Å². The molecule has 0 atom stereocenters. The Morgan fingerprint density at radius 1 is 1.03 bits per heavy atom. The number of aliphatic imine (C=N–C) groups is 1. The lowest BCUT2D eigenvalue weighted by molar-refractivity contribution is 0.198. The summed E-state index contributed by atoms with van der Waals surface area (Å²) in [5.74, 6) is 1.00. The van der Waals surface area contributed by atoms with Gasteiger partial charge in [0.1, 0.15) is 0 Å². The van der Waals surface area contributed by atoms with Gasteiger partial charge in [0, 0.05) is 38.8 Å². The van der Waals surface area contributed by atoms with Gasteiger partial charge in [-0.05, 0) is 58.8 Å². The molecule has 0 aromatic heterocycles. The molecular weight excluding hydrogens is 485 g/mol. The van der Waals surface area contributed by atoms with Crippen LogP contribution in [0.15, 0.2) is 35.3 Å². The second-order valence-electron chi connectivity index (χ2n) is 8.51. The topological polar surface area (TPSA) is 42.9 Å². The molecule has 1 fully saturated rings. The largest absolute Gasteiger partial charge is 0.357 e. The van der Waals surface area contributed by atoms with Crippen molar-refractivity contribution >= 4 is 29.9 Å². The average Bonchev–Trinajstić information content (AvgIpc) is 2.72. The minimum absolute atomic E-state index is 0. The van der Waals surface area contributed by atoms with Gasteiger partial charge in [-0.25, -0.2) is 0 Å². The molecule has 172 valence electrons. The van der Waals surface area contributed by atoms with Gasteiger partial charge in [0.15, 0.2) is 5.96 Å². The van der Waals surface area contributed by atoms with Gasteiger partial charge in [0.2, 0.25) is 0 Å². The third kappa shape index (κ3) is 12.1. The maximum Gasteiger partial charge on any atom is 0.191 e. The van der Waals surface area contributed by atoms with E-state index in [2.05, 4.69) is 71.8 Å². The highest BCUT2D eigenvalue weighted by Crippen LogP contribution is 2.14. The van der Waals surface area contributed by atoms with Crippen LogP contribution in [0, 0.1) is 0 Å². The van der Waals surface area contributed by atoms with Crippen LogP contribution in [0.5, 0.6) is 0 Å². The lowest BCUT2D eigenvalue weighted by Gasteiger charge is -2.33. The van der Waals surface area contributed by atoms with Crippen molar-refractivity contribution in [1.29, 1.82) is 0 Å². The molecule has 0 amide bonds. The zero-order chi connectivity index (χ0) is 20.7. The molecule has 2 N–H and O–H groups in total. The number of benzene rings is 1. The van der Waals surface area contributed by atoms with E-state index in [-0.39, 0.29) is 24.0 Å². The number of halogens is 1. The van der Waals surface area contributed by atoms with Crippen LogP contribution in [0.25, 0.3) is 0 Å². The predicted octanol–water partition coefficient (Wildman–Crippen LogP) is 4.34. The molecule has 1 aliphatic heterocycles. The molecule has 1 saturated heterocycles. The molecule has 2 rings (SSSR count). The van der Waals surface area contributed by atoms with Crippen molar-refractivity contribution in [2.24, 2.45) is 4.99 Å². The van der Waals surface area contributed by atoms with Gasteiger partial charge in [0.05, 0.1) is 0 Å². The lowest BCUT2D eigenvalue weighted by Crippen LogP contribution is -2.48. The van der Waals surface area contributed by atoms with Crippen LogP contribution in [0.1, 0.15) is 57.4 Å². The number of rotatable bonds is 12. The molecule has 30 heavy (non-hydrogen) atoms. The van der Waals surface area contributed by atoms with E-state index in [1.807, 2.05) is 0 Å². The molecule has 0 saturated carbocycles. The highest BCUT2D eigenvalue weighted by molar-refractivity contribution is 14.0. The molecule has 1 aromatic rings. The van der Waals surface area contributed by atoms with Crippen LogP contribution in [-0.4, -0.2) is 68.6 Å². The zero-order valence-corrected chi connectivity index (χ0v) is 21.7. The van der Waals surface area contributed by atoms with Gasteiger partial charge in [-0.15, -0.1) is 24.0 Å². The first kappa shape index (κ1) is 27.2. The van der Waals surface area contributed by atoms with E-state index in [9.17, 15) is 0 Å². The van der Waals surface area contributed by atoms with Crippen molar-refractivity contribution in [2.45, 2.75) is 64.5 Å². The summed E-state index contributed by atoms with van der Waals surface area (Å²) in [4.78, 5) is 9.64. The molecule has 1 heterocycles. The second kappa shape index (κ2) is 16.8.